The van der Waals surface area contributed by atoms with Crippen LogP contribution in [0, 0.1) is 0 Å². The Morgan fingerprint density at radius 2 is 2.24 bits per heavy atom. The van der Waals surface area contributed by atoms with Crippen LogP contribution in [0.1, 0.15) is 45.1 Å². The first-order chi connectivity index (χ1) is 9.80. The number of carbonyl (C=O) groups is 1. The Bertz CT molecular complexity index is 542. The number of nitrogens with zero attached hydrogens (tertiary/aromatic N) is 1. The molecule has 0 radical (unpaired) electrons. The molecule has 2 rings (SSSR count). The molecule has 0 spiro atoms. The number of allylic oxidation sites excluding steroid dienone is 1. The normalized spacial score (nSPS) is 19.1. The second-order valence-corrected chi connectivity index (χ2v) is 7.20. The summed E-state index contributed by atoms with van der Waals surface area (Å²) in [4.78, 5) is 15.1. The van der Waals surface area contributed by atoms with E-state index >= 15 is 0 Å². The summed E-state index contributed by atoms with van der Waals surface area (Å²) in [5, 5.41) is 2.07. The molecule has 1 atom stereocenters. The van der Waals surface area contributed by atoms with Crippen molar-refractivity contribution >= 4 is 23.5 Å². The maximum absolute atomic E-state index is 12.3. The SMILES string of the molecule is C/C=C\c1csc2c1O[C@@H](C)CN(C(=O)OC(C)(C)C)C2. The quantitative estimate of drug-likeness (QED) is 0.776. The molecule has 0 aliphatic carbocycles. The van der Waals surface area contributed by atoms with Gasteiger partial charge < -0.3 is 9.47 Å². The van der Waals surface area contributed by atoms with E-state index in [9.17, 15) is 4.79 Å². The Kier molecular flexibility index (Phi) is 4.61. The number of ether oxygens (including phenoxy) is 2. The lowest BCUT2D eigenvalue weighted by Gasteiger charge is -2.27. The first-order valence-corrected chi connectivity index (χ1v) is 8.05. The number of fused-ring (bicyclic) bond motifs is 1. The van der Waals surface area contributed by atoms with Gasteiger partial charge in [-0.25, -0.2) is 4.79 Å². The molecule has 116 valence electrons. The van der Waals surface area contributed by atoms with Gasteiger partial charge in [-0.05, 0) is 34.6 Å². The molecule has 0 bridgehead atoms. The van der Waals surface area contributed by atoms with Gasteiger partial charge in [0.15, 0.2) is 0 Å². The molecule has 0 saturated heterocycles. The van der Waals surface area contributed by atoms with Crippen molar-refractivity contribution in [2.24, 2.45) is 0 Å². The van der Waals surface area contributed by atoms with Crippen molar-refractivity contribution in [1.29, 1.82) is 0 Å². The summed E-state index contributed by atoms with van der Waals surface area (Å²) in [5.74, 6) is 0.900. The molecule has 2 heterocycles. The van der Waals surface area contributed by atoms with E-state index in [1.807, 2.05) is 46.8 Å². The highest BCUT2D eigenvalue weighted by atomic mass is 32.1. The summed E-state index contributed by atoms with van der Waals surface area (Å²) in [6, 6.07) is 0. The van der Waals surface area contributed by atoms with Gasteiger partial charge in [-0.1, -0.05) is 12.2 Å². The minimum Gasteiger partial charge on any atom is -0.487 e. The predicted octanol–water partition coefficient (Wildman–Crippen LogP) is 4.30. The van der Waals surface area contributed by atoms with Crippen LogP contribution < -0.4 is 4.74 Å². The van der Waals surface area contributed by atoms with Crippen molar-refractivity contribution in [3.05, 3.63) is 21.9 Å². The van der Waals surface area contributed by atoms with E-state index in [1.54, 1.807) is 16.2 Å². The molecular weight excluding hydrogens is 286 g/mol. The van der Waals surface area contributed by atoms with E-state index in [2.05, 4.69) is 5.38 Å². The maximum atomic E-state index is 12.3. The fourth-order valence-corrected chi connectivity index (χ4v) is 3.15. The van der Waals surface area contributed by atoms with Crippen LogP contribution in [-0.4, -0.2) is 29.2 Å². The van der Waals surface area contributed by atoms with Crippen molar-refractivity contribution in [3.8, 4) is 5.75 Å². The van der Waals surface area contributed by atoms with Crippen molar-refractivity contribution < 1.29 is 14.3 Å². The molecular formula is C16H23NO3S. The van der Waals surface area contributed by atoms with Gasteiger partial charge in [0.2, 0.25) is 0 Å². The van der Waals surface area contributed by atoms with E-state index in [0.29, 0.717) is 13.1 Å². The average Bonchev–Trinajstić information content (AvgIpc) is 2.62. The third-order valence-corrected chi connectivity index (χ3v) is 3.94. The van der Waals surface area contributed by atoms with E-state index in [-0.39, 0.29) is 12.2 Å². The molecule has 1 aromatic heterocycles. The van der Waals surface area contributed by atoms with Crippen LogP contribution in [0.5, 0.6) is 5.75 Å². The number of carbonyl (C=O) groups excluding carboxylic acids is 1. The van der Waals surface area contributed by atoms with Crippen LogP contribution in [0.15, 0.2) is 11.5 Å². The zero-order valence-corrected chi connectivity index (χ0v) is 14.1. The van der Waals surface area contributed by atoms with Crippen LogP contribution >= 0.6 is 11.3 Å². The molecule has 0 aromatic carbocycles. The van der Waals surface area contributed by atoms with Gasteiger partial charge in [0.25, 0.3) is 0 Å². The third-order valence-electron chi connectivity index (χ3n) is 2.97. The van der Waals surface area contributed by atoms with Gasteiger partial charge in [0.1, 0.15) is 17.5 Å². The first-order valence-electron chi connectivity index (χ1n) is 7.18. The highest BCUT2D eigenvalue weighted by Crippen LogP contribution is 2.36. The molecule has 0 unspecified atom stereocenters. The van der Waals surface area contributed by atoms with Crippen molar-refractivity contribution in [1.82, 2.24) is 4.90 Å². The summed E-state index contributed by atoms with van der Waals surface area (Å²) < 4.78 is 11.5. The molecule has 0 saturated carbocycles. The smallest absolute Gasteiger partial charge is 0.410 e. The van der Waals surface area contributed by atoms with Gasteiger partial charge in [-0.15, -0.1) is 11.3 Å². The Hall–Kier alpha value is -1.49. The Labute approximate surface area is 130 Å². The number of thiophene rings is 1. The van der Waals surface area contributed by atoms with Gasteiger partial charge >= 0.3 is 6.09 Å². The van der Waals surface area contributed by atoms with Crippen LogP contribution in [0.3, 0.4) is 0 Å². The molecule has 1 aliphatic heterocycles. The molecule has 21 heavy (non-hydrogen) atoms. The van der Waals surface area contributed by atoms with E-state index in [0.717, 1.165) is 16.2 Å². The van der Waals surface area contributed by atoms with Crippen LogP contribution in [0.25, 0.3) is 6.08 Å². The van der Waals surface area contributed by atoms with E-state index < -0.39 is 5.60 Å². The molecule has 5 heteroatoms. The van der Waals surface area contributed by atoms with Gasteiger partial charge in [0, 0.05) is 10.9 Å². The Morgan fingerprint density at radius 1 is 1.52 bits per heavy atom. The Morgan fingerprint density at radius 3 is 2.86 bits per heavy atom. The fourth-order valence-electron chi connectivity index (χ4n) is 2.19. The zero-order chi connectivity index (χ0) is 15.6. The molecule has 1 aromatic rings. The molecule has 1 aliphatic rings. The van der Waals surface area contributed by atoms with Gasteiger partial charge in [0.05, 0.1) is 18.0 Å². The lowest BCUT2D eigenvalue weighted by atomic mass is 10.2. The zero-order valence-electron chi connectivity index (χ0n) is 13.3. The average molecular weight is 309 g/mol. The summed E-state index contributed by atoms with van der Waals surface area (Å²) in [6.07, 6.45) is 3.68. The predicted molar refractivity (Wildman–Crippen MR) is 85.8 cm³/mol. The topological polar surface area (TPSA) is 38.8 Å². The summed E-state index contributed by atoms with van der Waals surface area (Å²) in [7, 11) is 0. The summed E-state index contributed by atoms with van der Waals surface area (Å²) >= 11 is 1.62. The lowest BCUT2D eigenvalue weighted by molar-refractivity contribution is 0.0189. The van der Waals surface area contributed by atoms with Gasteiger partial charge in [-0.3, -0.25) is 4.90 Å². The van der Waals surface area contributed by atoms with E-state index in [1.165, 1.54) is 0 Å². The maximum Gasteiger partial charge on any atom is 0.410 e. The molecule has 1 amide bonds. The largest absolute Gasteiger partial charge is 0.487 e. The molecule has 4 nitrogen and oxygen atoms in total. The second-order valence-electron chi connectivity index (χ2n) is 6.23. The number of hydrogen-bond donors (Lipinski definition) is 0. The monoisotopic (exact) mass is 309 g/mol. The second kappa shape index (κ2) is 6.10. The van der Waals surface area contributed by atoms with Crippen LogP contribution in [0.2, 0.25) is 0 Å². The van der Waals surface area contributed by atoms with E-state index in [4.69, 9.17) is 9.47 Å². The number of amides is 1. The third kappa shape index (κ3) is 4.00. The van der Waals surface area contributed by atoms with Crippen molar-refractivity contribution in [2.75, 3.05) is 6.54 Å². The summed E-state index contributed by atoms with van der Waals surface area (Å²) in [6.45, 7) is 10.7. The minimum absolute atomic E-state index is 0.0580. The minimum atomic E-state index is -0.484. The van der Waals surface area contributed by atoms with Crippen molar-refractivity contribution in [2.45, 2.75) is 52.9 Å². The van der Waals surface area contributed by atoms with Crippen molar-refractivity contribution in [3.63, 3.8) is 0 Å². The standard InChI is InChI=1S/C16H23NO3S/c1-6-7-12-10-21-13-9-17(8-11(2)19-14(12)13)15(18)20-16(3,4)5/h6-7,10-11H,8-9H2,1-5H3/b7-6-/t11-/m0/s1. The highest BCUT2D eigenvalue weighted by Gasteiger charge is 2.29. The first kappa shape index (κ1) is 15.9. The van der Waals surface area contributed by atoms with Gasteiger partial charge in [-0.2, -0.15) is 0 Å². The summed E-state index contributed by atoms with van der Waals surface area (Å²) in [5.41, 5.74) is 0.595. The van der Waals surface area contributed by atoms with Crippen LogP contribution in [-0.2, 0) is 11.3 Å². The lowest BCUT2D eigenvalue weighted by Crippen LogP contribution is -2.39. The number of rotatable bonds is 1. The molecule has 0 fully saturated rings. The number of hydrogen-bond acceptors (Lipinski definition) is 4. The Balaban J connectivity index is 2.22. The highest BCUT2D eigenvalue weighted by molar-refractivity contribution is 7.10. The molecule has 0 N–H and O–H groups in total. The van der Waals surface area contributed by atoms with Crippen LogP contribution in [0.4, 0.5) is 4.79 Å². The fraction of sp³-hybridized carbons (Fsp3) is 0.562.